The van der Waals surface area contributed by atoms with E-state index in [1.54, 1.807) is 64.2 Å². The molecule has 87 heavy (non-hydrogen) atoms. The van der Waals surface area contributed by atoms with Crippen LogP contribution in [0.2, 0.25) is 0 Å². The maximum absolute atomic E-state index is 14.6. The van der Waals surface area contributed by atoms with E-state index >= 15 is 0 Å². The van der Waals surface area contributed by atoms with Gasteiger partial charge in [0.2, 0.25) is 0 Å². The molecule has 5 N–H and O–H groups in total. The van der Waals surface area contributed by atoms with Crippen molar-refractivity contribution in [3.05, 3.63) is 102 Å². The molecule has 21 heteroatoms. The average molecular weight is 1210 g/mol. The molecule has 1 amide bonds. The second-order valence-corrected chi connectivity index (χ2v) is 25.1. The summed E-state index contributed by atoms with van der Waals surface area (Å²) in [7, 11) is 5.28. The highest BCUT2D eigenvalue weighted by Crippen LogP contribution is 2.44. The number of esters is 4. The number of aliphatic hydroxyl groups is 4. The van der Waals surface area contributed by atoms with E-state index in [1.807, 2.05) is 78.8 Å². The first-order chi connectivity index (χ1) is 41.0. The van der Waals surface area contributed by atoms with Gasteiger partial charge in [0.05, 0.1) is 61.0 Å². The number of aliphatic hydroxyl groups excluding tert-OH is 2. The van der Waals surface area contributed by atoms with Gasteiger partial charge >= 0.3 is 23.9 Å². The number of nitrogens with zero attached hydrogens (tertiary/aromatic N) is 3. The van der Waals surface area contributed by atoms with Crippen LogP contribution in [0.5, 0.6) is 0 Å². The second kappa shape index (κ2) is 29.3. The highest BCUT2D eigenvalue weighted by Gasteiger charge is 2.51. The number of nitrogens with one attached hydrogen (secondary N) is 1. The van der Waals surface area contributed by atoms with Crippen molar-refractivity contribution in [2.45, 2.75) is 192 Å². The summed E-state index contributed by atoms with van der Waals surface area (Å²) in [5.74, 6) is -8.02. The van der Waals surface area contributed by atoms with Gasteiger partial charge in [-0.15, -0.1) is 0 Å². The van der Waals surface area contributed by atoms with Crippen LogP contribution >= 0.6 is 0 Å². The summed E-state index contributed by atoms with van der Waals surface area (Å²) in [4.78, 5) is 87.2. The van der Waals surface area contributed by atoms with E-state index in [1.165, 1.54) is 39.8 Å². The number of benzene rings is 3. The van der Waals surface area contributed by atoms with Gasteiger partial charge in [0.25, 0.3) is 5.91 Å². The van der Waals surface area contributed by atoms with E-state index in [9.17, 15) is 53.6 Å². The molecule has 3 saturated heterocycles. The molecule has 7 rings (SSSR count). The quantitative estimate of drug-likeness (QED) is 0.0390. The van der Waals surface area contributed by atoms with Crippen LogP contribution in [-0.2, 0) is 58.9 Å². The summed E-state index contributed by atoms with van der Waals surface area (Å²) in [5.41, 5.74) is 0.507. The Bertz CT molecular complexity index is 3010. The Morgan fingerprint density at radius 2 is 1.47 bits per heavy atom. The maximum Gasteiger partial charge on any atom is 0.316 e. The number of para-hydroxylation sites is 1. The first-order valence-corrected chi connectivity index (χ1v) is 30.2. The van der Waals surface area contributed by atoms with Gasteiger partial charge in [-0.25, -0.2) is 4.39 Å². The molecule has 1 aromatic heterocycles. The van der Waals surface area contributed by atoms with Crippen LogP contribution in [-0.4, -0.2) is 177 Å². The van der Waals surface area contributed by atoms with Crippen LogP contribution in [0.25, 0.3) is 22.4 Å². The molecule has 0 radical (unpaired) electrons. The molecule has 0 saturated carbocycles. The van der Waals surface area contributed by atoms with Crippen molar-refractivity contribution in [3.8, 4) is 22.4 Å². The highest BCUT2D eigenvalue weighted by molar-refractivity contribution is 6.12. The molecule has 15 atom stereocenters. The van der Waals surface area contributed by atoms with Crippen molar-refractivity contribution in [2.75, 3.05) is 39.6 Å². The van der Waals surface area contributed by atoms with E-state index in [0.717, 1.165) is 5.56 Å². The Morgan fingerprint density at radius 1 is 0.851 bits per heavy atom. The third-order valence-corrected chi connectivity index (χ3v) is 17.3. The summed E-state index contributed by atoms with van der Waals surface area (Å²) in [5, 5.41) is 48.7. The number of amides is 1. The zero-order valence-electron chi connectivity index (χ0n) is 52.1. The number of cyclic esters (lactones) is 2. The molecule has 3 aromatic carbocycles. The van der Waals surface area contributed by atoms with Crippen molar-refractivity contribution in [2.24, 2.45) is 17.8 Å². The fourth-order valence-electron chi connectivity index (χ4n) is 12.7. The molecular weight excluding hydrogens is 1120 g/mol. The van der Waals surface area contributed by atoms with Crippen LogP contribution in [0.3, 0.4) is 0 Å². The molecule has 0 unspecified atom stereocenters. The van der Waals surface area contributed by atoms with Crippen LogP contribution in [0.1, 0.15) is 129 Å². The van der Waals surface area contributed by atoms with E-state index < -0.39 is 139 Å². The number of carbonyl (C=O) groups is 6. The summed E-state index contributed by atoms with van der Waals surface area (Å²) in [6.45, 7) is 14.5. The lowest BCUT2D eigenvalue weighted by molar-refractivity contribution is -0.296. The topological polar surface area (TPSA) is 262 Å². The normalized spacial score (nSPS) is 30.7. The molecule has 0 aliphatic carbocycles. The number of carbonyl (C=O) groups excluding carboxylic acids is 6. The molecule has 476 valence electrons. The van der Waals surface area contributed by atoms with Crippen molar-refractivity contribution >= 4 is 41.3 Å². The summed E-state index contributed by atoms with van der Waals surface area (Å²) in [6, 6.07) is 23.4. The van der Waals surface area contributed by atoms with E-state index in [4.69, 9.17) is 28.4 Å². The minimum absolute atomic E-state index is 0.0269. The molecule has 0 bridgehead atoms. The molecule has 3 aliphatic heterocycles. The predicted molar refractivity (Wildman–Crippen MR) is 321 cm³/mol. The van der Waals surface area contributed by atoms with Gasteiger partial charge in [-0.3, -0.25) is 28.8 Å². The Labute approximate surface area is 509 Å². The van der Waals surface area contributed by atoms with Gasteiger partial charge in [-0.2, -0.15) is 0 Å². The Hall–Kier alpha value is -6.43. The van der Waals surface area contributed by atoms with Crippen LogP contribution in [0.4, 0.5) is 10.1 Å². The number of Topliss-reactive ketones (excluding diaryl/α,β-unsaturated/α-hetero) is 1. The highest BCUT2D eigenvalue weighted by atomic mass is 19.1. The number of rotatable bonds is 17. The number of ketones is 1. The summed E-state index contributed by atoms with van der Waals surface area (Å²) >= 11 is 0. The van der Waals surface area contributed by atoms with Crippen molar-refractivity contribution in [1.82, 2.24) is 14.4 Å². The largest absolute Gasteiger partial charge is 0.462 e. The fraction of sp³-hybridized carbons (Fsp3) is 0.576. The Balaban J connectivity index is 1.07. The second-order valence-electron chi connectivity index (χ2n) is 25.1. The molecule has 3 fully saturated rings. The molecule has 4 aromatic rings. The number of hydrogen-bond donors (Lipinski definition) is 5. The molecule has 0 spiro atoms. The van der Waals surface area contributed by atoms with Gasteiger partial charge in [-0.05, 0) is 128 Å². The first-order valence-electron chi connectivity index (χ1n) is 30.2. The molecule has 20 nitrogen and oxygen atoms in total. The molecular formula is C66H89FN4O16. The average Bonchev–Trinajstić information content (AvgIpc) is 1.68. The van der Waals surface area contributed by atoms with Gasteiger partial charge in [-0.1, -0.05) is 76.2 Å². The predicted octanol–water partition coefficient (Wildman–Crippen LogP) is 7.46. The summed E-state index contributed by atoms with van der Waals surface area (Å²) < 4.78 is 53.1. The van der Waals surface area contributed by atoms with Crippen LogP contribution < -0.4 is 5.32 Å². The van der Waals surface area contributed by atoms with E-state index in [-0.39, 0.29) is 56.5 Å². The SMILES string of the molecule is CC(C)c1c(C(=O)Nc2ccccc2)c(-c2ccccc2)c(-c2ccc(F)cc2)n1CC[C@H]1C[C@H](OC(=O)CCC(=O)O[C@H]2[C@H](O[C@@H]3[C@@H](C)C(=O)[C@@H](C)C(=O)O[C@H](CO)[C@@](C)(O)[C@H](O)[C@@H](C)N(C)C[C@H](C)C[C@@]3(C)O)O[C@H](C)C[C@@H]2N(C)C)CC(=O)O1. The lowest BCUT2D eigenvalue weighted by Gasteiger charge is -2.46. The summed E-state index contributed by atoms with van der Waals surface area (Å²) in [6.07, 6.45) is -9.57. The van der Waals surface area contributed by atoms with Gasteiger partial charge in [0, 0.05) is 54.8 Å². The van der Waals surface area contributed by atoms with Crippen molar-refractivity contribution in [3.63, 3.8) is 0 Å². The minimum atomic E-state index is -2.14. The van der Waals surface area contributed by atoms with Crippen molar-refractivity contribution in [1.29, 1.82) is 0 Å². The third kappa shape index (κ3) is 16.5. The molecule has 3 aliphatic rings. The Morgan fingerprint density at radius 3 is 2.08 bits per heavy atom. The maximum atomic E-state index is 14.6. The third-order valence-electron chi connectivity index (χ3n) is 17.3. The number of hydrogen-bond acceptors (Lipinski definition) is 18. The lowest BCUT2D eigenvalue weighted by Crippen LogP contribution is -2.60. The lowest BCUT2D eigenvalue weighted by atomic mass is 9.78. The Kier molecular flexibility index (Phi) is 22.9. The zero-order chi connectivity index (χ0) is 63.8. The number of likely N-dealkylation sites (N-methyl/N-ethyl adjacent to an activating group) is 2. The zero-order valence-corrected chi connectivity index (χ0v) is 52.1. The molecule has 4 heterocycles. The van der Waals surface area contributed by atoms with Gasteiger partial charge < -0.3 is 68.5 Å². The smallest absolute Gasteiger partial charge is 0.316 e. The van der Waals surface area contributed by atoms with Crippen molar-refractivity contribution < 1.29 is 82.0 Å². The van der Waals surface area contributed by atoms with Gasteiger partial charge in [0.15, 0.2) is 24.3 Å². The van der Waals surface area contributed by atoms with Gasteiger partial charge in [0.1, 0.15) is 35.6 Å². The number of aromatic nitrogens is 1. The van der Waals surface area contributed by atoms with E-state index in [0.29, 0.717) is 40.2 Å². The minimum Gasteiger partial charge on any atom is -0.462 e. The van der Waals surface area contributed by atoms with Crippen LogP contribution in [0.15, 0.2) is 84.9 Å². The van der Waals surface area contributed by atoms with Crippen LogP contribution in [0, 0.1) is 23.6 Å². The standard InChI is InChI=1S/C66H89FN4O16/c1-37(2)56-55(62(78)68-46-21-17-14-18-22-46)54(43-19-15-13-16-20-43)57(44-23-25-45(67)26-24-44)71(56)30-29-47-32-48(33-53(75)83-47)84-51(73)27-28-52(74)86-59-49(69(10)11)31-39(4)82-64(59)87-61-40(5)58(76)41(6)63(79)85-50(36-72)66(9,81)60(77)42(7)70(12)35-38(3)34-65(61,8)80/h13-26,37-42,47-50,59-61,64,72,77,80-81H,27-36H2,1-12H3,(H,68,78)/t38-,39-,40+,41-,42-,47+,48+,49+,50-,59-,60-,61-,64+,65-,66-/m1/s1. The fourth-order valence-corrected chi connectivity index (χ4v) is 12.7. The number of ether oxygens (including phenoxy) is 6. The first kappa shape index (κ1) is 68.1. The number of halogens is 1. The number of anilines is 1. The van der Waals surface area contributed by atoms with E-state index in [2.05, 4.69) is 5.32 Å². The monoisotopic (exact) mass is 1210 g/mol.